The second-order valence-electron chi connectivity index (χ2n) is 10.4. The van der Waals surface area contributed by atoms with Crippen LogP contribution in [0.2, 0.25) is 0 Å². The third-order valence-corrected chi connectivity index (χ3v) is 7.82. The van der Waals surface area contributed by atoms with Crippen LogP contribution in [0.25, 0.3) is 22.6 Å². The second kappa shape index (κ2) is 10.9. The summed E-state index contributed by atoms with van der Waals surface area (Å²) < 4.78 is 18.1. The lowest BCUT2D eigenvalue weighted by Crippen LogP contribution is -2.54. The highest BCUT2D eigenvalue weighted by Gasteiger charge is 2.45. The number of rotatable bonds is 6. The average Bonchev–Trinajstić information content (AvgIpc) is 3.32. The van der Waals surface area contributed by atoms with Crippen LogP contribution in [-0.4, -0.2) is 68.6 Å². The molecule has 0 aliphatic carbocycles. The van der Waals surface area contributed by atoms with Crippen LogP contribution in [0.5, 0.6) is 0 Å². The number of carbonyl (C=O) groups is 1. The number of imidazole rings is 1. The molecule has 1 aromatic carbocycles. The summed E-state index contributed by atoms with van der Waals surface area (Å²) in [6.07, 6.45) is 8.33. The highest BCUT2D eigenvalue weighted by Crippen LogP contribution is 2.35. The number of halogens is 1. The summed E-state index contributed by atoms with van der Waals surface area (Å²) in [6, 6.07) is 12.3. The third-order valence-electron chi connectivity index (χ3n) is 7.82. The van der Waals surface area contributed by atoms with Crippen LogP contribution in [0.1, 0.15) is 37.3 Å². The smallest absolute Gasteiger partial charge is 0.260 e. The number of carbonyl (C=O) groups excluding carboxylic acids is 1. The summed E-state index contributed by atoms with van der Waals surface area (Å²) in [7, 11) is 0. The molecule has 2 saturated heterocycles. The van der Waals surface area contributed by atoms with E-state index in [2.05, 4.69) is 39.6 Å². The fourth-order valence-corrected chi connectivity index (χ4v) is 5.69. The van der Waals surface area contributed by atoms with Crippen LogP contribution < -0.4 is 11.5 Å². The molecular formula is C29H36FN7O. The molecule has 38 heavy (non-hydrogen) atoms. The Morgan fingerprint density at radius 1 is 1.13 bits per heavy atom. The van der Waals surface area contributed by atoms with Crippen molar-refractivity contribution < 1.29 is 9.18 Å². The molecule has 0 saturated carbocycles. The van der Waals surface area contributed by atoms with Crippen LogP contribution in [0.3, 0.4) is 0 Å². The standard InChI is InChI=1S/C29H36FN7O/c1-21-5-6-26-25(18-21)34-27(24-4-2-3-13-33-24)37(26)23-8-14-36(15-9-23)28(38)29(30)10-16-35(17-11-29)20-22(19-32)7-12-31/h2-7,12-13,18-19,23H,8-11,14-17,20,31-32H2,1H3/b12-7-,22-19+. The molecule has 2 aliphatic heterocycles. The molecule has 0 spiro atoms. The van der Waals surface area contributed by atoms with Gasteiger partial charge in [0.05, 0.1) is 11.0 Å². The summed E-state index contributed by atoms with van der Waals surface area (Å²) in [5.41, 5.74) is 14.2. The molecule has 8 nitrogen and oxygen atoms in total. The Balaban J connectivity index is 1.27. The van der Waals surface area contributed by atoms with Crippen LogP contribution >= 0.6 is 0 Å². The van der Waals surface area contributed by atoms with E-state index in [-0.39, 0.29) is 24.8 Å². The number of nitrogens with zero attached hydrogens (tertiary/aromatic N) is 5. The zero-order valence-corrected chi connectivity index (χ0v) is 21.9. The van der Waals surface area contributed by atoms with Gasteiger partial charge in [0.2, 0.25) is 0 Å². The minimum atomic E-state index is -1.82. The molecule has 2 aliphatic rings. The Hall–Kier alpha value is -3.72. The fourth-order valence-electron chi connectivity index (χ4n) is 5.69. The summed E-state index contributed by atoms with van der Waals surface area (Å²) in [5.74, 6) is 0.462. The highest BCUT2D eigenvalue weighted by atomic mass is 19.1. The van der Waals surface area contributed by atoms with Crippen molar-refractivity contribution in [3.05, 3.63) is 72.2 Å². The summed E-state index contributed by atoms with van der Waals surface area (Å²) in [6.45, 7) is 4.70. The summed E-state index contributed by atoms with van der Waals surface area (Å²) >= 11 is 0. The zero-order valence-electron chi connectivity index (χ0n) is 21.9. The van der Waals surface area contributed by atoms with E-state index in [0.717, 1.165) is 46.5 Å². The van der Waals surface area contributed by atoms with Crippen molar-refractivity contribution in [1.29, 1.82) is 0 Å². The van der Waals surface area contributed by atoms with Crippen molar-refractivity contribution in [3.63, 3.8) is 0 Å². The Bertz CT molecular complexity index is 1330. The lowest BCUT2D eigenvalue weighted by atomic mass is 9.90. The van der Waals surface area contributed by atoms with E-state index in [1.807, 2.05) is 18.2 Å². The largest absolute Gasteiger partial charge is 0.405 e. The predicted molar refractivity (Wildman–Crippen MR) is 148 cm³/mol. The zero-order chi connectivity index (χ0) is 26.7. The minimum Gasteiger partial charge on any atom is -0.405 e. The molecule has 0 radical (unpaired) electrons. The monoisotopic (exact) mass is 517 g/mol. The molecule has 0 unspecified atom stereocenters. The van der Waals surface area contributed by atoms with Gasteiger partial charge in [0.25, 0.3) is 5.91 Å². The first-order valence-electron chi connectivity index (χ1n) is 13.3. The maximum absolute atomic E-state index is 15.9. The molecular weight excluding hydrogens is 481 g/mol. The Morgan fingerprint density at radius 2 is 1.89 bits per heavy atom. The van der Waals surface area contributed by atoms with Gasteiger partial charge in [-0.15, -0.1) is 0 Å². The first kappa shape index (κ1) is 25.9. The number of piperidine rings is 2. The van der Waals surface area contributed by atoms with Crippen LogP contribution in [0.15, 0.2) is 66.6 Å². The number of alkyl halides is 1. The highest BCUT2D eigenvalue weighted by molar-refractivity contribution is 5.85. The molecule has 2 fully saturated rings. The molecule has 0 bridgehead atoms. The maximum Gasteiger partial charge on any atom is 0.260 e. The van der Waals surface area contributed by atoms with Gasteiger partial charge in [-0.1, -0.05) is 12.1 Å². The second-order valence-corrected chi connectivity index (χ2v) is 10.4. The molecule has 4 N–H and O–H groups in total. The van der Waals surface area contributed by atoms with E-state index in [4.69, 9.17) is 16.5 Å². The SMILES string of the molecule is Cc1ccc2c(c1)nc(-c1ccccn1)n2C1CCN(C(=O)C2(F)CCN(CC(/C=C\N)=C/N)CC2)CC1. The van der Waals surface area contributed by atoms with Gasteiger partial charge >= 0.3 is 0 Å². The Kier molecular flexibility index (Phi) is 7.46. The lowest BCUT2D eigenvalue weighted by molar-refractivity contribution is -0.148. The molecule has 3 aromatic rings. The first-order valence-corrected chi connectivity index (χ1v) is 13.3. The first-order chi connectivity index (χ1) is 18.4. The van der Waals surface area contributed by atoms with Gasteiger partial charge in [0.1, 0.15) is 5.69 Å². The third kappa shape index (κ3) is 5.15. The minimum absolute atomic E-state index is 0.151. The van der Waals surface area contributed by atoms with Gasteiger partial charge in [-0.25, -0.2) is 9.37 Å². The predicted octanol–water partition coefficient (Wildman–Crippen LogP) is 3.69. The fraction of sp³-hybridized carbons (Fsp3) is 0.414. The number of hydrogen-bond acceptors (Lipinski definition) is 6. The van der Waals surface area contributed by atoms with E-state index in [1.54, 1.807) is 17.2 Å². The molecule has 200 valence electrons. The van der Waals surface area contributed by atoms with Crippen molar-refractivity contribution in [3.8, 4) is 11.5 Å². The van der Waals surface area contributed by atoms with Gasteiger partial charge in [-0.05, 0) is 73.6 Å². The topological polar surface area (TPSA) is 106 Å². The van der Waals surface area contributed by atoms with Crippen molar-refractivity contribution in [1.82, 2.24) is 24.3 Å². The maximum atomic E-state index is 15.9. The molecule has 2 aromatic heterocycles. The van der Waals surface area contributed by atoms with Gasteiger partial charge < -0.3 is 20.9 Å². The number of benzene rings is 1. The van der Waals surface area contributed by atoms with Gasteiger partial charge in [0, 0.05) is 57.8 Å². The van der Waals surface area contributed by atoms with Crippen molar-refractivity contribution in [2.45, 2.75) is 44.3 Å². The Labute approximate surface area is 222 Å². The van der Waals surface area contributed by atoms with Gasteiger partial charge in [-0.3, -0.25) is 14.7 Å². The average molecular weight is 518 g/mol. The number of pyridine rings is 1. The molecule has 9 heteroatoms. The van der Waals surface area contributed by atoms with Crippen molar-refractivity contribution >= 4 is 16.9 Å². The van der Waals surface area contributed by atoms with E-state index in [1.165, 1.54) is 12.4 Å². The Morgan fingerprint density at radius 3 is 2.55 bits per heavy atom. The number of aryl methyl sites for hydroxylation is 1. The molecule has 1 amide bonds. The van der Waals surface area contributed by atoms with Crippen LogP contribution in [0, 0.1) is 6.92 Å². The van der Waals surface area contributed by atoms with Crippen LogP contribution in [-0.2, 0) is 4.79 Å². The number of hydrogen-bond donors (Lipinski definition) is 2. The number of fused-ring (bicyclic) bond motifs is 1. The molecule has 0 atom stereocenters. The number of likely N-dealkylation sites (tertiary alicyclic amines) is 2. The van der Waals surface area contributed by atoms with Crippen LogP contribution in [0.4, 0.5) is 4.39 Å². The van der Waals surface area contributed by atoms with Gasteiger partial charge in [-0.2, -0.15) is 0 Å². The van der Waals surface area contributed by atoms with E-state index in [9.17, 15) is 4.79 Å². The molecule has 5 rings (SSSR count). The van der Waals surface area contributed by atoms with E-state index >= 15 is 4.39 Å². The quantitative estimate of drug-likeness (QED) is 0.483. The summed E-state index contributed by atoms with van der Waals surface area (Å²) in [5, 5.41) is 0. The van der Waals surface area contributed by atoms with Gasteiger partial charge in [0.15, 0.2) is 11.5 Å². The molecule has 4 heterocycles. The van der Waals surface area contributed by atoms with Crippen molar-refractivity contribution in [2.24, 2.45) is 11.5 Å². The normalized spacial score (nSPS) is 19.4. The van der Waals surface area contributed by atoms with E-state index in [0.29, 0.717) is 32.7 Å². The van der Waals surface area contributed by atoms with E-state index < -0.39 is 5.67 Å². The lowest BCUT2D eigenvalue weighted by Gasteiger charge is -2.40. The van der Waals surface area contributed by atoms with Crippen molar-refractivity contribution in [2.75, 3.05) is 32.7 Å². The summed E-state index contributed by atoms with van der Waals surface area (Å²) in [4.78, 5) is 26.7. The number of amides is 1. The number of aromatic nitrogens is 3. The number of nitrogens with two attached hydrogens (primary N) is 2.